The molecule has 1 aromatic heterocycles. The maximum absolute atomic E-state index is 5.71. The monoisotopic (exact) mass is 257 g/mol. The van der Waals surface area contributed by atoms with Crippen LogP contribution in [0.5, 0.6) is 5.75 Å². The van der Waals surface area contributed by atoms with Crippen molar-refractivity contribution in [3.05, 3.63) is 41.1 Å². The lowest BCUT2D eigenvalue weighted by molar-refractivity contribution is 0.413. The summed E-state index contributed by atoms with van der Waals surface area (Å²) < 4.78 is 5.45. The molecule has 0 saturated heterocycles. The number of nitrogens with zero attached hydrogens (tertiary/aromatic N) is 1. The average Bonchev–Trinajstić information content (AvgIpc) is 2.32. The van der Waals surface area contributed by atoms with Crippen molar-refractivity contribution in [1.82, 2.24) is 4.98 Å². The topological polar surface area (TPSA) is 60.2 Å². The van der Waals surface area contributed by atoms with Gasteiger partial charge in [0.2, 0.25) is 0 Å². The van der Waals surface area contributed by atoms with Gasteiger partial charge in [-0.05, 0) is 49.6 Å². The number of benzene rings is 1. The molecule has 3 N–H and O–H groups in total. The van der Waals surface area contributed by atoms with Gasteiger partial charge in [-0.3, -0.25) is 0 Å². The van der Waals surface area contributed by atoms with Crippen molar-refractivity contribution in [1.29, 1.82) is 0 Å². The van der Waals surface area contributed by atoms with Crippen LogP contribution in [-0.2, 0) is 0 Å². The van der Waals surface area contributed by atoms with Crippen molar-refractivity contribution in [3.8, 4) is 5.75 Å². The van der Waals surface area contributed by atoms with Gasteiger partial charge in [0.05, 0.1) is 24.7 Å². The van der Waals surface area contributed by atoms with Gasteiger partial charge in [-0.15, -0.1) is 0 Å². The van der Waals surface area contributed by atoms with Crippen LogP contribution < -0.4 is 15.8 Å². The van der Waals surface area contributed by atoms with Gasteiger partial charge in [-0.1, -0.05) is 6.07 Å². The average molecular weight is 257 g/mol. The third-order valence-electron chi connectivity index (χ3n) is 2.98. The molecule has 0 fully saturated rings. The Morgan fingerprint density at radius 3 is 2.47 bits per heavy atom. The molecule has 0 aliphatic carbocycles. The fraction of sp³-hybridized carbons (Fsp3) is 0.267. The standard InChI is InChI=1S/C15H19N3O/c1-9-5-10(2)14(19-4)13(6-9)18-15-11(3)7-12(16)8-17-15/h5-8H,16H2,1-4H3,(H,17,18). The second-order valence-electron chi connectivity index (χ2n) is 4.72. The summed E-state index contributed by atoms with van der Waals surface area (Å²) in [6.07, 6.45) is 1.64. The van der Waals surface area contributed by atoms with Gasteiger partial charge < -0.3 is 15.8 Å². The van der Waals surface area contributed by atoms with Crippen LogP contribution in [0.3, 0.4) is 0 Å². The van der Waals surface area contributed by atoms with Gasteiger partial charge in [0.1, 0.15) is 11.6 Å². The van der Waals surface area contributed by atoms with Crippen molar-refractivity contribution in [2.24, 2.45) is 0 Å². The maximum Gasteiger partial charge on any atom is 0.145 e. The van der Waals surface area contributed by atoms with E-state index in [0.29, 0.717) is 5.69 Å². The fourth-order valence-electron chi connectivity index (χ4n) is 2.17. The first-order valence-corrected chi connectivity index (χ1v) is 6.15. The van der Waals surface area contributed by atoms with Crippen LogP contribution in [0.4, 0.5) is 17.2 Å². The summed E-state index contributed by atoms with van der Waals surface area (Å²) in [4.78, 5) is 4.32. The summed E-state index contributed by atoms with van der Waals surface area (Å²) >= 11 is 0. The summed E-state index contributed by atoms with van der Waals surface area (Å²) in [7, 11) is 1.67. The van der Waals surface area contributed by atoms with Gasteiger partial charge in [0, 0.05) is 0 Å². The number of aryl methyl sites for hydroxylation is 3. The summed E-state index contributed by atoms with van der Waals surface area (Å²) in [5, 5.41) is 3.31. The molecule has 0 aliphatic heterocycles. The molecule has 4 heteroatoms. The highest BCUT2D eigenvalue weighted by molar-refractivity contribution is 5.69. The molecule has 1 aromatic carbocycles. The van der Waals surface area contributed by atoms with Gasteiger partial charge in [-0.2, -0.15) is 0 Å². The Hall–Kier alpha value is -2.23. The van der Waals surface area contributed by atoms with E-state index in [4.69, 9.17) is 10.5 Å². The largest absolute Gasteiger partial charge is 0.494 e. The summed E-state index contributed by atoms with van der Waals surface area (Å²) in [6.45, 7) is 6.06. The summed E-state index contributed by atoms with van der Waals surface area (Å²) in [5.41, 5.74) is 10.6. The molecule has 0 atom stereocenters. The van der Waals surface area contributed by atoms with Crippen LogP contribution in [0.25, 0.3) is 0 Å². The predicted molar refractivity (Wildman–Crippen MR) is 79.1 cm³/mol. The highest BCUT2D eigenvalue weighted by Crippen LogP contribution is 2.32. The minimum atomic E-state index is 0.662. The van der Waals surface area contributed by atoms with Gasteiger partial charge >= 0.3 is 0 Å². The number of ether oxygens (including phenoxy) is 1. The molecule has 0 bridgehead atoms. The first kappa shape index (κ1) is 13.2. The van der Waals surface area contributed by atoms with Crippen LogP contribution in [-0.4, -0.2) is 12.1 Å². The van der Waals surface area contributed by atoms with Gasteiger partial charge in [0.25, 0.3) is 0 Å². The smallest absolute Gasteiger partial charge is 0.145 e. The number of anilines is 3. The molecule has 100 valence electrons. The Kier molecular flexibility index (Phi) is 3.60. The lowest BCUT2D eigenvalue weighted by Gasteiger charge is -2.15. The number of nitrogen functional groups attached to an aromatic ring is 1. The molecular weight excluding hydrogens is 238 g/mol. The third-order valence-corrected chi connectivity index (χ3v) is 2.98. The van der Waals surface area contributed by atoms with E-state index in [1.807, 2.05) is 26.0 Å². The number of hydrogen-bond acceptors (Lipinski definition) is 4. The normalized spacial score (nSPS) is 10.3. The number of hydrogen-bond donors (Lipinski definition) is 2. The first-order valence-electron chi connectivity index (χ1n) is 6.15. The van der Waals surface area contributed by atoms with E-state index in [1.165, 1.54) is 5.56 Å². The second-order valence-corrected chi connectivity index (χ2v) is 4.72. The zero-order valence-electron chi connectivity index (χ0n) is 11.7. The van der Waals surface area contributed by atoms with E-state index < -0.39 is 0 Å². The van der Waals surface area contributed by atoms with E-state index in [9.17, 15) is 0 Å². The number of aromatic nitrogens is 1. The van der Waals surface area contributed by atoms with Crippen LogP contribution >= 0.6 is 0 Å². The Morgan fingerprint density at radius 1 is 1.11 bits per heavy atom. The van der Waals surface area contributed by atoms with Crippen LogP contribution in [0.1, 0.15) is 16.7 Å². The molecule has 0 radical (unpaired) electrons. The minimum absolute atomic E-state index is 0.662. The number of nitrogens with two attached hydrogens (primary N) is 1. The highest BCUT2D eigenvalue weighted by Gasteiger charge is 2.09. The number of pyridine rings is 1. The molecular formula is C15H19N3O. The van der Waals surface area contributed by atoms with E-state index in [0.717, 1.165) is 28.4 Å². The van der Waals surface area contributed by atoms with E-state index in [1.54, 1.807) is 13.3 Å². The van der Waals surface area contributed by atoms with Crippen LogP contribution in [0, 0.1) is 20.8 Å². The molecule has 1 heterocycles. The highest BCUT2D eigenvalue weighted by atomic mass is 16.5. The molecule has 0 aliphatic rings. The molecule has 4 nitrogen and oxygen atoms in total. The zero-order valence-corrected chi connectivity index (χ0v) is 11.7. The van der Waals surface area contributed by atoms with Crippen LogP contribution in [0.15, 0.2) is 24.4 Å². The second kappa shape index (κ2) is 5.18. The van der Waals surface area contributed by atoms with Crippen LogP contribution in [0.2, 0.25) is 0 Å². The predicted octanol–water partition coefficient (Wildman–Crippen LogP) is 3.34. The molecule has 0 amide bonds. The van der Waals surface area contributed by atoms with Crippen molar-refractivity contribution in [2.45, 2.75) is 20.8 Å². The van der Waals surface area contributed by atoms with Gasteiger partial charge in [-0.25, -0.2) is 4.98 Å². The maximum atomic E-state index is 5.71. The SMILES string of the molecule is COc1c(C)cc(C)cc1Nc1ncc(N)cc1C. The number of methoxy groups -OCH3 is 1. The zero-order chi connectivity index (χ0) is 14.0. The molecule has 0 spiro atoms. The summed E-state index contributed by atoms with van der Waals surface area (Å²) in [6, 6.07) is 6.03. The lowest BCUT2D eigenvalue weighted by atomic mass is 10.1. The molecule has 2 rings (SSSR count). The Balaban J connectivity index is 2.42. The van der Waals surface area contributed by atoms with Crippen molar-refractivity contribution < 1.29 is 4.74 Å². The third kappa shape index (κ3) is 2.78. The summed E-state index contributed by atoms with van der Waals surface area (Å²) in [5.74, 6) is 1.63. The van der Waals surface area contributed by atoms with E-state index in [2.05, 4.69) is 23.3 Å². The minimum Gasteiger partial charge on any atom is -0.494 e. The van der Waals surface area contributed by atoms with Crippen molar-refractivity contribution in [3.63, 3.8) is 0 Å². The molecule has 0 unspecified atom stereocenters. The molecule has 0 saturated carbocycles. The van der Waals surface area contributed by atoms with E-state index in [-0.39, 0.29) is 0 Å². The lowest BCUT2D eigenvalue weighted by Crippen LogP contribution is -2.01. The number of rotatable bonds is 3. The quantitative estimate of drug-likeness (QED) is 0.885. The first-order chi connectivity index (χ1) is 9.01. The Morgan fingerprint density at radius 2 is 1.84 bits per heavy atom. The Labute approximate surface area is 113 Å². The van der Waals surface area contributed by atoms with Crippen molar-refractivity contribution in [2.75, 3.05) is 18.2 Å². The van der Waals surface area contributed by atoms with E-state index >= 15 is 0 Å². The number of nitrogens with one attached hydrogen (secondary N) is 1. The fourth-order valence-corrected chi connectivity index (χ4v) is 2.17. The molecule has 19 heavy (non-hydrogen) atoms. The van der Waals surface area contributed by atoms with Gasteiger partial charge in [0.15, 0.2) is 0 Å². The molecule has 2 aromatic rings. The Bertz CT molecular complexity index is 609. The van der Waals surface area contributed by atoms with Crippen molar-refractivity contribution >= 4 is 17.2 Å².